The Morgan fingerprint density at radius 2 is 1.83 bits per heavy atom. The molecule has 1 aliphatic rings. The molecule has 0 aliphatic carbocycles. The molecular formula is C16H21NO6. The summed E-state index contributed by atoms with van der Waals surface area (Å²) in [6.45, 7) is 5.50. The average Bonchev–Trinajstić information content (AvgIpc) is 2.49. The first-order chi connectivity index (χ1) is 10.7. The Morgan fingerprint density at radius 3 is 2.43 bits per heavy atom. The Morgan fingerprint density at radius 1 is 1.22 bits per heavy atom. The van der Waals surface area contributed by atoms with Crippen LogP contribution in [0.2, 0.25) is 0 Å². The predicted octanol–water partition coefficient (Wildman–Crippen LogP) is 1.21. The van der Waals surface area contributed by atoms with Crippen LogP contribution >= 0.6 is 0 Å². The molecule has 0 aromatic heterocycles. The highest BCUT2D eigenvalue weighted by Crippen LogP contribution is 2.23. The lowest BCUT2D eigenvalue weighted by atomic mass is 10.0. The van der Waals surface area contributed by atoms with Gasteiger partial charge in [-0.05, 0) is 32.9 Å². The number of ether oxygens (including phenoxy) is 3. The van der Waals surface area contributed by atoms with Gasteiger partial charge in [-0.1, -0.05) is 12.1 Å². The van der Waals surface area contributed by atoms with Crippen molar-refractivity contribution in [3.05, 3.63) is 29.8 Å². The van der Waals surface area contributed by atoms with Gasteiger partial charge in [0.2, 0.25) is 0 Å². The topological polar surface area (TPSA) is 94.1 Å². The van der Waals surface area contributed by atoms with E-state index in [4.69, 9.17) is 14.2 Å². The summed E-state index contributed by atoms with van der Waals surface area (Å²) in [5, 5.41) is 12.3. The second-order valence-corrected chi connectivity index (χ2v) is 6.18. The average molecular weight is 323 g/mol. The lowest BCUT2D eigenvalue weighted by molar-refractivity contribution is -0.268. The zero-order chi connectivity index (χ0) is 17.1. The van der Waals surface area contributed by atoms with Crippen molar-refractivity contribution in [2.75, 3.05) is 19.8 Å². The van der Waals surface area contributed by atoms with Crippen molar-refractivity contribution in [3.8, 4) is 5.75 Å². The Kier molecular flexibility index (Phi) is 4.91. The number of amides is 1. The Hall–Kier alpha value is -2.12. The summed E-state index contributed by atoms with van der Waals surface area (Å²) in [6.07, 6.45) is 0. The number of hydrogen-bond acceptors (Lipinski definition) is 6. The van der Waals surface area contributed by atoms with Gasteiger partial charge in [-0.25, -0.2) is 4.79 Å². The SMILES string of the molecule is CC1(NC(=O)COC(=O)c2ccccc2O)COC(C)(C)OC1. The summed E-state index contributed by atoms with van der Waals surface area (Å²) < 4.78 is 15.9. The number of para-hydroxylation sites is 1. The van der Waals surface area contributed by atoms with E-state index in [-0.39, 0.29) is 11.3 Å². The van der Waals surface area contributed by atoms with E-state index in [1.54, 1.807) is 32.9 Å². The molecule has 0 unspecified atom stereocenters. The van der Waals surface area contributed by atoms with Crippen molar-refractivity contribution in [3.63, 3.8) is 0 Å². The third kappa shape index (κ3) is 4.67. The minimum Gasteiger partial charge on any atom is -0.507 e. The Labute approximate surface area is 134 Å². The number of aromatic hydroxyl groups is 1. The van der Waals surface area contributed by atoms with E-state index in [1.165, 1.54) is 12.1 Å². The quantitative estimate of drug-likeness (QED) is 0.809. The number of phenolic OH excluding ortho intramolecular Hbond substituents is 1. The molecule has 1 amide bonds. The summed E-state index contributed by atoms with van der Waals surface area (Å²) in [5.41, 5.74) is -0.675. The summed E-state index contributed by atoms with van der Waals surface area (Å²) >= 11 is 0. The van der Waals surface area contributed by atoms with Crippen LogP contribution in [0.5, 0.6) is 5.75 Å². The summed E-state index contributed by atoms with van der Waals surface area (Å²) in [4.78, 5) is 23.8. The maximum absolute atomic E-state index is 11.9. The maximum atomic E-state index is 11.9. The van der Waals surface area contributed by atoms with E-state index in [1.807, 2.05) is 0 Å². The van der Waals surface area contributed by atoms with Crippen LogP contribution < -0.4 is 5.32 Å². The maximum Gasteiger partial charge on any atom is 0.342 e. The zero-order valence-electron chi connectivity index (χ0n) is 13.4. The molecular weight excluding hydrogens is 302 g/mol. The normalized spacial score (nSPS) is 18.9. The Balaban J connectivity index is 1.84. The number of benzene rings is 1. The zero-order valence-corrected chi connectivity index (χ0v) is 13.4. The van der Waals surface area contributed by atoms with E-state index >= 15 is 0 Å². The molecule has 1 aliphatic heterocycles. The van der Waals surface area contributed by atoms with Gasteiger partial charge in [0, 0.05) is 0 Å². The second kappa shape index (κ2) is 6.55. The van der Waals surface area contributed by atoms with Crippen LogP contribution in [0, 0.1) is 0 Å². The fraction of sp³-hybridized carbons (Fsp3) is 0.500. The first-order valence-electron chi connectivity index (χ1n) is 7.25. The highest BCUT2D eigenvalue weighted by atomic mass is 16.7. The molecule has 2 rings (SSSR count). The van der Waals surface area contributed by atoms with Gasteiger partial charge in [0.15, 0.2) is 12.4 Å². The van der Waals surface area contributed by atoms with E-state index in [2.05, 4.69) is 5.32 Å². The highest BCUT2D eigenvalue weighted by molar-refractivity contribution is 5.93. The van der Waals surface area contributed by atoms with Crippen LogP contribution in [0.4, 0.5) is 0 Å². The number of esters is 1. The van der Waals surface area contributed by atoms with Crippen molar-refractivity contribution in [1.82, 2.24) is 5.32 Å². The smallest absolute Gasteiger partial charge is 0.342 e. The molecule has 7 nitrogen and oxygen atoms in total. The number of carbonyl (C=O) groups is 2. The molecule has 1 aromatic carbocycles. The summed E-state index contributed by atoms with van der Waals surface area (Å²) in [5.74, 6) is -2.10. The molecule has 1 fully saturated rings. The highest BCUT2D eigenvalue weighted by Gasteiger charge is 2.37. The molecule has 1 aromatic rings. The second-order valence-electron chi connectivity index (χ2n) is 6.18. The standard InChI is InChI=1S/C16H21NO6/c1-15(2)22-9-16(3,10-23-15)17-13(19)8-21-14(20)11-6-4-5-7-12(11)18/h4-7,18H,8-10H2,1-3H3,(H,17,19). The Bertz CT molecular complexity index is 588. The number of hydrogen-bond donors (Lipinski definition) is 2. The molecule has 0 spiro atoms. The predicted molar refractivity (Wildman–Crippen MR) is 80.9 cm³/mol. The molecule has 0 saturated carbocycles. The molecule has 23 heavy (non-hydrogen) atoms. The van der Waals surface area contributed by atoms with E-state index in [0.29, 0.717) is 13.2 Å². The summed E-state index contributed by atoms with van der Waals surface area (Å²) in [7, 11) is 0. The van der Waals surface area contributed by atoms with Crippen LogP contribution in [0.15, 0.2) is 24.3 Å². The fourth-order valence-electron chi connectivity index (χ4n) is 2.05. The van der Waals surface area contributed by atoms with E-state index in [9.17, 15) is 14.7 Å². The molecule has 7 heteroatoms. The van der Waals surface area contributed by atoms with Crippen LogP contribution in [0.1, 0.15) is 31.1 Å². The van der Waals surface area contributed by atoms with Crippen molar-refractivity contribution in [2.45, 2.75) is 32.1 Å². The van der Waals surface area contributed by atoms with Crippen LogP contribution in [0.25, 0.3) is 0 Å². The van der Waals surface area contributed by atoms with Gasteiger partial charge >= 0.3 is 5.97 Å². The lowest BCUT2D eigenvalue weighted by Crippen LogP contribution is -2.59. The molecule has 0 bridgehead atoms. The fourth-order valence-corrected chi connectivity index (χ4v) is 2.05. The van der Waals surface area contributed by atoms with Crippen LogP contribution in [0.3, 0.4) is 0 Å². The number of rotatable bonds is 4. The number of carbonyl (C=O) groups excluding carboxylic acids is 2. The third-order valence-corrected chi connectivity index (χ3v) is 3.38. The van der Waals surface area contributed by atoms with Crippen LogP contribution in [-0.2, 0) is 19.0 Å². The van der Waals surface area contributed by atoms with Gasteiger partial charge in [-0.2, -0.15) is 0 Å². The number of phenols is 1. The van der Waals surface area contributed by atoms with E-state index < -0.39 is 29.8 Å². The van der Waals surface area contributed by atoms with Gasteiger partial charge in [-0.15, -0.1) is 0 Å². The van der Waals surface area contributed by atoms with Gasteiger partial charge in [0.05, 0.1) is 18.8 Å². The van der Waals surface area contributed by atoms with Crippen molar-refractivity contribution < 1.29 is 28.9 Å². The first-order valence-corrected chi connectivity index (χ1v) is 7.25. The first kappa shape index (κ1) is 17.2. The van der Waals surface area contributed by atoms with Crippen molar-refractivity contribution in [2.24, 2.45) is 0 Å². The molecule has 0 atom stereocenters. The van der Waals surface area contributed by atoms with Crippen molar-refractivity contribution in [1.29, 1.82) is 0 Å². The van der Waals surface area contributed by atoms with Gasteiger partial charge in [0.1, 0.15) is 11.3 Å². The molecule has 1 saturated heterocycles. The third-order valence-electron chi connectivity index (χ3n) is 3.38. The molecule has 1 heterocycles. The largest absolute Gasteiger partial charge is 0.507 e. The number of nitrogens with one attached hydrogen (secondary N) is 1. The monoisotopic (exact) mass is 323 g/mol. The molecule has 2 N–H and O–H groups in total. The van der Waals surface area contributed by atoms with Gasteiger partial charge < -0.3 is 24.6 Å². The van der Waals surface area contributed by atoms with Gasteiger partial charge in [-0.3, -0.25) is 4.79 Å². The lowest BCUT2D eigenvalue weighted by Gasteiger charge is -2.41. The molecule has 0 radical (unpaired) electrons. The van der Waals surface area contributed by atoms with E-state index in [0.717, 1.165) is 0 Å². The summed E-state index contributed by atoms with van der Waals surface area (Å²) in [6, 6.07) is 5.97. The van der Waals surface area contributed by atoms with Crippen LogP contribution in [-0.4, -0.2) is 48.1 Å². The van der Waals surface area contributed by atoms with Gasteiger partial charge in [0.25, 0.3) is 5.91 Å². The van der Waals surface area contributed by atoms with Crippen molar-refractivity contribution >= 4 is 11.9 Å². The molecule has 126 valence electrons. The minimum atomic E-state index is -0.763. The minimum absolute atomic E-state index is 0.0117.